The Hall–Kier alpha value is -1.52. The first-order valence-corrected chi connectivity index (χ1v) is 8.58. The van der Waals surface area contributed by atoms with Crippen molar-refractivity contribution in [1.82, 2.24) is 0 Å². The molecule has 0 spiro atoms. The molecular formula is C15H15ClO3S. The van der Waals surface area contributed by atoms with Crippen LogP contribution >= 0.6 is 11.6 Å². The molecule has 2 aromatic rings. The highest BCUT2D eigenvalue weighted by atomic mass is 35.5. The van der Waals surface area contributed by atoms with Gasteiger partial charge in [0.15, 0.2) is 0 Å². The van der Waals surface area contributed by atoms with E-state index in [9.17, 15) is 8.42 Å². The summed E-state index contributed by atoms with van der Waals surface area (Å²) >= 11 is 6.08. The number of hydrogen-bond acceptors (Lipinski definition) is 3. The Labute approximate surface area is 124 Å². The molecule has 106 valence electrons. The van der Waals surface area contributed by atoms with Crippen molar-refractivity contribution in [2.75, 3.05) is 12.0 Å². The lowest BCUT2D eigenvalue weighted by atomic mass is 10.1. The van der Waals surface area contributed by atoms with E-state index in [1.165, 1.54) is 6.26 Å². The quantitative estimate of drug-likeness (QED) is 0.789. The standard InChI is InChI=1S/C15H15ClO3S/c1-20(17,18)11-15(16)12-7-9-14(10-8-12)19-13-5-3-2-4-6-13/h2-10,15H,11H2,1H3. The van der Waals surface area contributed by atoms with Crippen LogP contribution in [0, 0.1) is 0 Å². The molecule has 3 nitrogen and oxygen atoms in total. The number of rotatable bonds is 5. The lowest BCUT2D eigenvalue weighted by Gasteiger charge is -2.10. The van der Waals surface area contributed by atoms with Gasteiger partial charge in [-0.3, -0.25) is 0 Å². The zero-order valence-electron chi connectivity index (χ0n) is 11.0. The van der Waals surface area contributed by atoms with Crippen molar-refractivity contribution in [2.45, 2.75) is 5.38 Å². The molecule has 0 fully saturated rings. The van der Waals surface area contributed by atoms with Crippen molar-refractivity contribution in [3.05, 3.63) is 60.2 Å². The Morgan fingerprint density at radius 1 is 1.00 bits per heavy atom. The third kappa shape index (κ3) is 4.54. The van der Waals surface area contributed by atoms with E-state index in [0.29, 0.717) is 5.75 Å². The highest BCUT2D eigenvalue weighted by Gasteiger charge is 2.14. The first-order valence-electron chi connectivity index (χ1n) is 6.09. The van der Waals surface area contributed by atoms with Crippen molar-refractivity contribution >= 4 is 21.4 Å². The van der Waals surface area contributed by atoms with Crippen molar-refractivity contribution in [3.63, 3.8) is 0 Å². The number of ether oxygens (including phenoxy) is 1. The van der Waals surface area contributed by atoms with Gasteiger partial charge in [0.1, 0.15) is 21.3 Å². The van der Waals surface area contributed by atoms with Gasteiger partial charge in [-0.2, -0.15) is 0 Å². The molecule has 0 aliphatic heterocycles. The lowest BCUT2D eigenvalue weighted by Crippen LogP contribution is -2.08. The van der Waals surface area contributed by atoms with E-state index < -0.39 is 15.2 Å². The van der Waals surface area contributed by atoms with Gasteiger partial charge < -0.3 is 4.74 Å². The van der Waals surface area contributed by atoms with E-state index in [0.717, 1.165) is 11.3 Å². The van der Waals surface area contributed by atoms with Gasteiger partial charge in [-0.1, -0.05) is 30.3 Å². The van der Waals surface area contributed by atoms with Gasteiger partial charge in [0.05, 0.1) is 11.1 Å². The minimum atomic E-state index is -3.09. The highest BCUT2D eigenvalue weighted by molar-refractivity contribution is 7.90. The number of sulfone groups is 1. The highest BCUT2D eigenvalue weighted by Crippen LogP contribution is 2.26. The molecule has 0 N–H and O–H groups in total. The summed E-state index contributed by atoms with van der Waals surface area (Å²) in [7, 11) is -3.09. The van der Waals surface area contributed by atoms with Gasteiger partial charge >= 0.3 is 0 Å². The fourth-order valence-corrected chi connectivity index (χ4v) is 3.29. The average molecular weight is 311 g/mol. The van der Waals surface area contributed by atoms with Crippen LogP contribution in [0.1, 0.15) is 10.9 Å². The van der Waals surface area contributed by atoms with E-state index in [-0.39, 0.29) is 5.75 Å². The molecule has 2 rings (SSSR count). The normalized spacial score (nSPS) is 12.9. The Balaban J connectivity index is 2.07. The maximum Gasteiger partial charge on any atom is 0.149 e. The SMILES string of the molecule is CS(=O)(=O)CC(Cl)c1ccc(Oc2ccccc2)cc1. The number of halogens is 1. The molecule has 0 heterocycles. The molecular weight excluding hydrogens is 296 g/mol. The summed E-state index contributed by atoms with van der Waals surface area (Å²) in [5.41, 5.74) is 0.762. The number of hydrogen-bond donors (Lipinski definition) is 0. The second-order valence-corrected chi connectivity index (χ2v) is 7.26. The van der Waals surface area contributed by atoms with Crippen molar-refractivity contribution < 1.29 is 13.2 Å². The molecule has 0 bridgehead atoms. The predicted octanol–water partition coefficient (Wildman–Crippen LogP) is 3.80. The Morgan fingerprint density at radius 2 is 1.55 bits per heavy atom. The zero-order valence-corrected chi connectivity index (χ0v) is 12.6. The molecule has 1 atom stereocenters. The van der Waals surface area contributed by atoms with Crippen LogP contribution < -0.4 is 4.74 Å². The second kappa shape index (κ2) is 6.29. The molecule has 0 aliphatic carbocycles. The van der Waals surface area contributed by atoms with Gasteiger partial charge in [-0.15, -0.1) is 11.6 Å². The topological polar surface area (TPSA) is 43.4 Å². The molecule has 2 aromatic carbocycles. The molecule has 5 heteroatoms. The van der Waals surface area contributed by atoms with E-state index >= 15 is 0 Å². The van der Waals surface area contributed by atoms with E-state index in [1.54, 1.807) is 24.3 Å². The number of alkyl halides is 1. The Morgan fingerprint density at radius 3 is 2.10 bits per heavy atom. The Bertz CT molecular complexity index is 651. The van der Waals surface area contributed by atoms with Crippen LogP contribution in [0.2, 0.25) is 0 Å². The first-order chi connectivity index (χ1) is 9.44. The largest absolute Gasteiger partial charge is 0.457 e. The fraction of sp³-hybridized carbons (Fsp3) is 0.200. The minimum absolute atomic E-state index is 0.0759. The van der Waals surface area contributed by atoms with E-state index in [4.69, 9.17) is 16.3 Å². The summed E-state index contributed by atoms with van der Waals surface area (Å²) in [5.74, 6) is 1.36. The molecule has 1 unspecified atom stereocenters. The Kier molecular flexibility index (Phi) is 4.68. The molecule has 20 heavy (non-hydrogen) atoms. The van der Waals surface area contributed by atoms with Crippen LogP contribution in [0.3, 0.4) is 0 Å². The smallest absolute Gasteiger partial charge is 0.149 e. The average Bonchev–Trinajstić information content (AvgIpc) is 2.39. The zero-order chi connectivity index (χ0) is 14.6. The third-order valence-electron chi connectivity index (χ3n) is 2.67. The summed E-state index contributed by atoms with van der Waals surface area (Å²) in [4.78, 5) is 0. The van der Waals surface area contributed by atoms with Gasteiger partial charge in [0, 0.05) is 6.26 Å². The summed E-state index contributed by atoms with van der Waals surface area (Å²) in [6.45, 7) is 0. The van der Waals surface area contributed by atoms with Crippen LogP contribution in [-0.2, 0) is 9.84 Å². The molecule has 0 aliphatic rings. The lowest BCUT2D eigenvalue weighted by molar-refractivity contribution is 0.482. The molecule has 0 amide bonds. The minimum Gasteiger partial charge on any atom is -0.457 e. The summed E-state index contributed by atoms with van der Waals surface area (Å²) in [5, 5.41) is -0.546. The van der Waals surface area contributed by atoms with Gasteiger partial charge in [0.2, 0.25) is 0 Å². The number of para-hydroxylation sites is 1. The molecule has 0 saturated carbocycles. The third-order valence-corrected chi connectivity index (χ3v) is 4.20. The van der Waals surface area contributed by atoms with Gasteiger partial charge in [-0.25, -0.2) is 8.42 Å². The first kappa shape index (κ1) is 14.9. The fourth-order valence-electron chi connectivity index (χ4n) is 1.73. The maximum atomic E-state index is 11.2. The van der Waals surface area contributed by atoms with Gasteiger partial charge in [-0.05, 0) is 29.8 Å². The van der Waals surface area contributed by atoms with Crippen LogP contribution in [-0.4, -0.2) is 20.4 Å². The summed E-state index contributed by atoms with van der Waals surface area (Å²) in [6, 6.07) is 16.5. The maximum absolute atomic E-state index is 11.2. The van der Waals surface area contributed by atoms with Crippen molar-refractivity contribution in [3.8, 4) is 11.5 Å². The predicted molar refractivity (Wildman–Crippen MR) is 81.3 cm³/mol. The van der Waals surface area contributed by atoms with Crippen molar-refractivity contribution in [1.29, 1.82) is 0 Å². The van der Waals surface area contributed by atoms with Crippen LogP contribution in [0.15, 0.2) is 54.6 Å². The number of benzene rings is 2. The molecule has 0 aromatic heterocycles. The molecule has 0 radical (unpaired) electrons. The van der Waals surface area contributed by atoms with E-state index in [2.05, 4.69) is 0 Å². The van der Waals surface area contributed by atoms with Crippen LogP contribution in [0.4, 0.5) is 0 Å². The van der Waals surface area contributed by atoms with Crippen LogP contribution in [0.25, 0.3) is 0 Å². The summed E-state index contributed by atoms with van der Waals surface area (Å²) in [6.07, 6.45) is 1.18. The second-order valence-electron chi connectivity index (χ2n) is 4.54. The monoisotopic (exact) mass is 310 g/mol. The van der Waals surface area contributed by atoms with Crippen molar-refractivity contribution in [2.24, 2.45) is 0 Å². The van der Waals surface area contributed by atoms with Crippen LogP contribution in [0.5, 0.6) is 11.5 Å². The van der Waals surface area contributed by atoms with Gasteiger partial charge in [0.25, 0.3) is 0 Å². The molecule has 0 saturated heterocycles. The van der Waals surface area contributed by atoms with E-state index in [1.807, 2.05) is 30.3 Å². The summed E-state index contributed by atoms with van der Waals surface area (Å²) < 4.78 is 28.1.